The lowest BCUT2D eigenvalue weighted by atomic mass is 10.1. The van der Waals surface area contributed by atoms with Crippen LogP contribution in [0.25, 0.3) is 16.7 Å². The second-order valence-corrected chi connectivity index (χ2v) is 6.02. The lowest BCUT2D eigenvalue weighted by molar-refractivity contribution is -0.137. The summed E-state index contributed by atoms with van der Waals surface area (Å²) in [7, 11) is 0. The molecule has 0 aliphatic heterocycles. The molecular formula is C19H11F3N4O3. The molecule has 1 N–H and O–H groups in total. The van der Waals surface area contributed by atoms with Crippen LogP contribution < -0.4 is 10.9 Å². The summed E-state index contributed by atoms with van der Waals surface area (Å²) in [5, 5.41) is 10.5. The highest BCUT2D eigenvalue weighted by Crippen LogP contribution is 2.33. The van der Waals surface area contributed by atoms with Crippen LogP contribution in [0, 0.1) is 0 Å². The quantitative estimate of drug-likeness (QED) is 0.531. The maximum atomic E-state index is 13.2. The number of rotatable bonds is 3. The monoisotopic (exact) mass is 400 g/mol. The topological polar surface area (TPSA) is 90.0 Å². The molecule has 2 aromatic heterocycles. The first-order valence-electron chi connectivity index (χ1n) is 8.25. The Morgan fingerprint density at radius 3 is 2.66 bits per heavy atom. The van der Waals surface area contributed by atoms with E-state index in [1.165, 1.54) is 36.4 Å². The molecule has 7 nitrogen and oxygen atoms in total. The average molecular weight is 400 g/mol. The SMILES string of the molecule is O=C(Nc1ccc2oc(=O)ccc2c1)c1cn(-c2ccccc2C(F)(F)F)nn1. The Labute approximate surface area is 160 Å². The Morgan fingerprint density at radius 2 is 1.86 bits per heavy atom. The molecule has 0 unspecified atom stereocenters. The van der Waals surface area contributed by atoms with Crippen molar-refractivity contribution in [2.75, 3.05) is 5.32 Å². The third-order valence-corrected chi connectivity index (χ3v) is 4.06. The van der Waals surface area contributed by atoms with Gasteiger partial charge in [0.1, 0.15) is 5.58 Å². The van der Waals surface area contributed by atoms with Crippen LogP contribution in [0.3, 0.4) is 0 Å². The van der Waals surface area contributed by atoms with Crippen LogP contribution in [0.1, 0.15) is 16.1 Å². The minimum Gasteiger partial charge on any atom is -0.423 e. The maximum Gasteiger partial charge on any atom is 0.418 e. The zero-order chi connectivity index (χ0) is 20.6. The molecule has 29 heavy (non-hydrogen) atoms. The van der Waals surface area contributed by atoms with Gasteiger partial charge in [0.25, 0.3) is 5.91 Å². The van der Waals surface area contributed by atoms with Crippen molar-refractivity contribution < 1.29 is 22.4 Å². The van der Waals surface area contributed by atoms with E-state index < -0.39 is 23.3 Å². The molecule has 146 valence electrons. The summed E-state index contributed by atoms with van der Waals surface area (Å²) in [6.45, 7) is 0. The van der Waals surface area contributed by atoms with Crippen LogP contribution in [-0.4, -0.2) is 20.9 Å². The fourth-order valence-corrected chi connectivity index (χ4v) is 2.74. The van der Waals surface area contributed by atoms with E-state index in [1.54, 1.807) is 12.1 Å². The predicted octanol–water partition coefficient (Wildman–Crippen LogP) is 3.64. The van der Waals surface area contributed by atoms with E-state index in [0.29, 0.717) is 16.7 Å². The molecule has 0 saturated heterocycles. The van der Waals surface area contributed by atoms with Crippen LogP contribution in [0.4, 0.5) is 18.9 Å². The van der Waals surface area contributed by atoms with Crippen molar-refractivity contribution in [1.82, 2.24) is 15.0 Å². The second kappa shape index (κ2) is 6.89. The molecule has 0 aliphatic carbocycles. The smallest absolute Gasteiger partial charge is 0.418 e. The Kier molecular flexibility index (Phi) is 4.38. The molecule has 4 aromatic rings. The van der Waals surface area contributed by atoms with E-state index in [1.807, 2.05) is 0 Å². The van der Waals surface area contributed by atoms with Gasteiger partial charge < -0.3 is 9.73 Å². The largest absolute Gasteiger partial charge is 0.423 e. The van der Waals surface area contributed by atoms with Gasteiger partial charge in [0, 0.05) is 17.1 Å². The fourth-order valence-electron chi connectivity index (χ4n) is 2.74. The third kappa shape index (κ3) is 3.72. The van der Waals surface area contributed by atoms with Crippen molar-refractivity contribution in [3.8, 4) is 5.69 Å². The number of halogens is 3. The molecule has 0 saturated carbocycles. The molecule has 0 aliphatic rings. The lowest BCUT2D eigenvalue weighted by Crippen LogP contribution is -2.12. The minimum atomic E-state index is -4.58. The molecular weight excluding hydrogens is 389 g/mol. The molecule has 0 spiro atoms. The highest BCUT2D eigenvalue weighted by atomic mass is 19.4. The van der Waals surface area contributed by atoms with Crippen molar-refractivity contribution in [3.05, 3.63) is 82.5 Å². The number of hydrogen-bond acceptors (Lipinski definition) is 5. The summed E-state index contributed by atoms with van der Waals surface area (Å²) >= 11 is 0. The van der Waals surface area contributed by atoms with Crippen LogP contribution in [0.5, 0.6) is 0 Å². The van der Waals surface area contributed by atoms with Crippen molar-refractivity contribution in [2.45, 2.75) is 6.18 Å². The Balaban J connectivity index is 1.60. The molecule has 0 radical (unpaired) electrons. The number of amides is 1. The molecule has 0 atom stereocenters. The first-order chi connectivity index (χ1) is 13.8. The Bertz CT molecular complexity index is 1280. The Hall–Kier alpha value is -3.95. The highest BCUT2D eigenvalue weighted by Gasteiger charge is 2.34. The third-order valence-electron chi connectivity index (χ3n) is 4.06. The number of aromatic nitrogens is 3. The highest BCUT2D eigenvalue weighted by molar-refractivity contribution is 6.03. The normalized spacial score (nSPS) is 11.6. The van der Waals surface area contributed by atoms with Gasteiger partial charge in [0.2, 0.25) is 0 Å². The van der Waals surface area contributed by atoms with Crippen LogP contribution in [0.2, 0.25) is 0 Å². The number of hydrogen-bond donors (Lipinski definition) is 1. The summed E-state index contributed by atoms with van der Waals surface area (Å²) in [4.78, 5) is 23.6. The van der Waals surface area contributed by atoms with E-state index >= 15 is 0 Å². The summed E-state index contributed by atoms with van der Waals surface area (Å²) in [5.74, 6) is -0.655. The van der Waals surface area contributed by atoms with E-state index in [9.17, 15) is 22.8 Å². The molecule has 2 heterocycles. The molecule has 4 rings (SSSR count). The van der Waals surface area contributed by atoms with Crippen molar-refractivity contribution in [3.63, 3.8) is 0 Å². The van der Waals surface area contributed by atoms with Gasteiger partial charge in [-0.15, -0.1) is 5.10 Å². The van der Waals surface area contributed by atoms with Gasteiger partial charge in [-0.2, -0.15) is 13.2 Å². The Morgan fingerprint density at radius 1 is 1.07 bits per heavy atom. The van der Waals surface area contributed by atoms with Gasteiger partial charge in [-0.05, 0) is 36.4 Å². The second-order valence-electron chi connectivity index (χ2n) is 6.02. The van der Waals surface area contributed by atoms with Crippen LogP contribution >= 0.6 is 0 Å². The lowest BCUT2D eigenvalue weighted by Gasteiger charge is -2.11. The zero-order valence-corrected chi connectivity index (χ0v) is 14.5. The minimum absolute atomic E-state index is 0.165. The molecule has 0 bridgehead atoms. The van der Waals surface area contributed by atoms with Gasteiger partial charge in [-0.3, -0.25) is 4.79 Å². The first-order valence-corrected chi connectivity index (χ1v) is 8.25. The van der Waals surface area contributed by atoms with Crippen molar-refractivity contribution in [2.24, 2.45) is 0 Å². The van der Waals surface area contributed by atoms with E-state index in [2.05, 4.69) is 15.6 Å². The van der Waals surface area contributed by atoms with Gasteiger partial charge in [0.15, 0.2) is 5.69 Å². The number of benzene rings is 2. The van der Waals surface area contributed by atoms with E-state index in [0.717, 1.165) is 16.9 Å². The van der Waals surface area contributed by atoms with Crippen molar-refractivity contribution in [1.29, 1.82) is 0 Å². The maximum absolute atomic E-state index is 13.2. The summed E-state index contributed by atoms with van der Waals surface area (Å²) in [6.07, 6.45) is -3.47. The summed E-state index contributed by atoms with van der Waals surface area (Å²) < 4.78 is 45.4. The van der Waals surface area contributed by atoms with Crippen molar-refractivity contribution >= 4 is 22.6 Å². The number of anilines is 1. The summed E-state index contributed by atoms with van der Waals surface area (Å²) in [5.41, 5.74) is -1.06. The van der Waals surface area contributed by atoms with Gasteiger partial charge >= 0.3 is 11.8 Å². The number of carbonyl (C=O) groups is 1. The fraction of sp³-hybridized carbons (Fsp3) is 0.0526. The average Bonchev–Trinajstić information content (AvgIpc) is 3.18. The molecule has 0 fully saturated rings. The number of alkyl halides is 3. The molecule has 2 aromatic carbocycles. The van der Waals surface area contributed by atoms with Crippen LogP contribution in [0.15, 0.2) is 70.0 Å². The van der Waals surface area contributed by atoms with Gasteiger partial charge in [0.05, 0.1) is 17.4 Å². The predicted molar refractivity (Wildman–Crippen MR) is 96.8 cm³/mol. The number of para-hydroxylation sites is 1. The molecule has 10 heteroatoms. The number of nitrogens with zero attached hydrogens (tertiary/aromatic N) is 3. The van der Waals surface area contributed by atoms with E-state index in [-0.39, 0.29) is 11.4 Å². The standard InChI is InChI=1S/C19H11F3N4O3/c20-19(21,22)13-3-1-2-4-15(13)26-10-14(24-25-26)18(28)23-12-6-7-16-11(9-12)5-8-17(27)29-16/h1-10H,(H,23,28). The summed E-state index contributed by atoms with van der Waals surface area (Å²) in [6, 6.07) is 12.3. The number of fused-ring (bicyclic) bond motifs is 1. The molecule has 1 amide bonds. The van der Waals surface area contributed by atoms with Gasteiger partial charge in [-0.1, -0.05) is 17.3 Å². The number of carbonyl (C=O) groups excluding carboxylic acids is 1. The van der Waals surface area contributed by atoms with E-state index in [4.69, 9.17) is 4.42 Å². The van der Waals surface area contributed by atoms with Gasteiger partial charge in [-0.25, -0.2) is 9.48 Å². The first kappa shape index (κ1) is 18.4. The number of nitrogens with one attached hydrogen (secondary N) is 1. The zero-order valence-electron chi connectivity index (χ0n) is 14.5. The van der Waals surface area contributed by atoms with Crippen LogP contribution in [-0.2, 0) is 6.18 Å².